The van der Waals surface area contributed by atoms with E-state index in [0.717, 1.165) is 0 Å². The van der Waals surface area contributed by atoms with Crippen LogP contribution in [0.5, 0.6) is 0 Å². The molecule has 0 heterocycles. The molecule has 0 aromatic heterocycles. The minimum absolute atomic E-state index is 0.165. The van der Waals surface area contributed by atoms with Crippen LogP contribution in [0.1, 0.15) is 33.3 Å². The van der Waals surface area contributed by atoms with E-state index >= 15 is 0 Å². The summed E-state index contributed by atoms with van der Waals surface area (Å²) in [6.45, 7) is 7.59. The van der Waals surface area contributed by atoms with Gasteiger partial charge in [-0.3, -0.25) is 0 Å². The molecule has 21 heavy (non-hydrogen) atoms. The van der Waals surface area contributed by atoms with E-state index in [0.29, 0.717) is 5.56 Å². The predicted octanol–water partition coefficient (Wildman–Crippen LogP) is 2.09. The highest BCUT2D eigenvalue weighted by Gasteiger charge is 2.33. The monoisotopic (exact) mass is 309 g/mol. The first-order chi connectivity index (χ1) is 9.62. The standard InChI is InChI=1S/C16H23NO3S/c1-13(16(2,3)4)17(5)21(19,20)15-11-7-6-9-14(15)10-8-12-18/h6-7,9,11,13,18H,12H2,1-5H3. The minimum Gasteiger partial charge on any atom is -0.384 e. The summed E-state index contributed by atoms with van der Waals surface area (Å²) in [5.74, 6) is 5.19. The average molecular weight is 309 g/mol. The van der Waals surface area contributed by atoms with E-state index in [4.69, 9.17) is 5.11 Å². The number of sulfonamides is 1. The zero-order valence-electron chi connectivity index (χ0n) is 13.2. The van der Waals surface area contributed by atoms with Gasteiger partial charge in [0, 0.05) is 18.7 Å². The fraction of sp³-hybridized carbons (Fsp3) is 0.500. The second-order valence-corrected chi connectivity index (χ2v) is 7.99. The quantitative estimate of drug-likeness (QED) is 0.870. The van der Waals surface area contributed by atoms with Crippen molar-refractivity contribution in [3.05, 3.63) is 29.8 Å². The molecule has 0 saturated carbocycles. The molecule has 1 N–H and O–H groups in total. The van der Waals surface area contributed by atoms with Crippen LogP contribution in [0, 0.1) is 17.3 Å². The van der Waals surface area contributed by atoms with E-state index in [9.17, 15) is 8.42 Å². The summed E-state index contributed by atoms with van der Waals surface area (Å²) in [5.41, 5.74) is 0.229. The van der Waals surface area contributed by atoms with Gasteiger partial charge >= 0.3 is 0 Å². The topological polar surface area (TPSA) is 57.6 Å². The summed E-state index contributed by atoms with van der Waals surface area (Å²) in [5, 5.41) is 8.79. The molecule has 116 valence electrons. The maximum absolute atomic E-state index is 12.8. The third kappa shape index (κ3) is 4.07. The highest BCUT2D eigenvalue weighted by Crippen LogP contribution is 2.28. The van der Waals surface area contributed by atoms with Crippen molar-refractivity contribution < 1.29 is 13.5 Å². The van der Waals surface area contributed by atoms with Crippen molar-refractivity contribution in [3.8, 4) is 11.8 Å². The van der Waals surface area contributed by atoms with Gasteiger partial charge in [0.2, 0.25) is 10.0 Å². The van der Waals surface area contributed by atoms with E-state index in [1.54, 1.807) is 31.3 Å². The van der Waals surface area contributed by atoms with Crippen LogP contribution in [-0.4, -0.2) is 37.5 Å². The predicted molar refractivity (Wildman–Crippen MR) is 84.3 cm³/mol. The molecule has 0 bridgehead atoms. The molecule has 4 nitrogen and oxygen atoms in total. The Balaban J connectivity index is 3.32. The molecule has 0 aliphatic carbocycles. The maximum atomic E-state index is 12.8. The lowest BCUT2D eigenvalue weighted by molar-refractivity contribution is 0.216. The molecule has 0 saturated heterocycles. The summed E-state index contributed by atoms with van der Waals surface area (Å²) < 4.78 is 27.0. The number of nitrogens with zero attached hydrogens (tertiary/aromatic N) is 1. The van der Waals surface area contributed by atoms with Gasteiger partial charge in [-0.2, -0.15) is 4.31 Å². The normalized spacial score (nSPS) is 13.7. The Hall–Kier alpha value is -1.35. The van der Waals surface area contributed by atoms with Crippen molar-refractivity contribution in [2.75, 3.05) is 13.7 Å². The second-order valence-electron chi connectivity index (χ2n) is 6.02. The molecule has 0 aliphatic heterocycles. The Morgan fingerprint density at radius 1 is 1.29 bits per heavy atom. The van der Waals surface area contributed by atoms with Crippen LogP contribution in [0.3, 0.4) is 0 Å². The largest absolute Gasteiger partial charge is 0.384 e. The number of aliphatic hydroxyl groups is 1. The summed E-state index contributed by atoms with van der Waals surface area (Å²) in [6.07, 6.45) is 0. The Morgan fingerprint density at radius 3 is 2.38 bits per heavy atom. The number of rotatable bonds is 3. The summed E-state index contributed by atoms with van der Waals surface area (Å²) in [4.78, 5) is 0.171. The third-order valence-corrected chi connectivity index (χ3v) is 5.63. The molecule has 0 radical (unpaired) electrons. The van der Waals surface area contributed by atoms with E-state index < -0.39 is 10.0 Å². The molecule has 1 aromatic carbocycles. The Kier molecular flexibility index (Phi) is 5.57. The van der Waals surface area contributed by atoms with Crippen LogP contribution in [0.4, 0.5) is 0 Å². The van der Waals surface area contributed by atoms with Crippen molar-refractivity contribution in [1.82, 2.24) is 4.31 Å². The molecule has 0 amide bonds. The van der Waals surface area contributed by atoms with Crippen LogP contribution >= 0.6 is 0 Å². The van der Waals surface area contributed by atoms with Gasteiger partial charge in [0.15, 0.2) is 0 Å². The van der Waals surface area contributed by atoms with Crippen molar-refractivity contribution in [2.45, 2.75) is 38.6 Å². The molecule has 0 fully saturated rings. The Labute approximate surface area is 127 Å². The zero-order valence-corrected chi connectivity index (χ0v) is 14.0. The van der Waals surface area contributed by atoms with Gasteiger partial charge in [-0.15, -0.1) is 0 Å². The molecule has 0 aliphatic rings. The zero-order chi connectivity index (χ0) is 16.3. The number of hydrogen-bond acceptors (Lipinski definition) is 3. The van der Waals surface area contributed by atoms with Crippen molar-refractivity contribution in [2.24, 2.45) is 5.41 Å². The van der Waals surface area contributed by atoms with Crippen LogP contribution in [-0.2, 0) is 10.0 Å². The van der Waals surface area contributed by atoms with E-state index in [1.807, 2.05) is 27.7 Å². The van der Waals surface area contributed by atoms with Crippen molar-refractivity contribution in [1.29, 1.82) is 0 Å². The van der Waals surface area contributed by atoms with Gasteiger partial charge < -0.3 is 5.11 Å². The molecule has 5 heteroatoms. The number of benzene rings is 1. The van der Waals surface area contributed by atoms with Crippen LogP contribution in [0.25, 0.3) is 0 Å². The first-order valence-corrected chi connectivity index (χ1v) is 8.23. The molecule has 1 atom stereocenters. The summed E-state index contributed by atoms with van der Waals surface area (Å²) in [7, 11) is -2.05. The van der Waals surface area contributed by atoms with Crippen molar-refractivity contribution >= 4 is 10.0 Å². The fourth-order valence-corrected chi connectivity index (χ4v) is 3.53. The lowest BCUT2D eigenvalue weighted by atomic mass is 9.88. The third-order valence-electron chi connectivity index (χ3n) is 3.64. The highest BCUT2D eigenvalue weighted by atomic mass is 32.2. The van der Waals surface area contributed by atoms with Gasteiger partial charge in [0.1, 0.15) is 6.61 Å². The summed E-state index contributed by atoms with van der Waals surface area (Å²) >= 11 is 0. The first kappa shape index (κ1) is 17.7. The second kappa shape index (κ2) is 6.61. The van der Waals surface area contributed by atoms with E-state index in [1.165, 1.54) is 4.31 Å². The Bertz CT molecular complexity index is 648. The molecular formula is C16H23NO3S. The van der Waals surface area contributed by atoms with E-state index in [-0.39, 0.29) is 23.0 Å². The number of aliphatic hydroxyl groups excluding tert-OH is 1. The molecule has 0 spiro atoms. The minimum atomic E-state index is -3.63. The van der Waals surface area contributed by atoms with Crippen LogP contribution in [0.15, 0.2) is 29.2 Å². The van der Waals surface area contributed by atoms with E-state index in [2.05, 4.69) is 11.8 Å². The molecule has 1 unspecified atom stereocenters. The molecular weight excluding hydrogens is 286 g/mol. The number of hydrogen-bond donors (Lipinski definition) is 1. The van der Waals surface area contributed by atoms with Crippen molar-refractivity contribution in [3.63, 3.8) is 0 Å². The maximum Gasteiger partial charge on any atom is 0.244 e. The first-order valence-electron chi connectivity index (χ1n) is 6.79. The lowest BCUT2D eigenvalue weighted by Gasteiger charge is -2.34. The van der Waals surface area contributed by atoms with Crippen LogP contribution in [0.2, 0.25) is 0 Å². The SMILES string of the molecule is CC(N(C)S(=O)(=O)c1ccccc1C#CCO)C(C)(C)C. The molecule has 1 rings (SSSR count). The van der Waals surface area contributed by atoms with Gasteiger partial charge in [-0.25, -0.2) is 8.42 Å². The van der Waals surface area contributed by atoms with Gasteiger partial charge in [-0.1, -0.05) is 44.7 Å². The smallest absolute Gasteiger partial charge is 0.244 e. The van der Waals surface area contributed by atoms with Gasteiger partial charge in [-0.05, 0) is 24.5 Å². The fourth-order valence-electron chi connectivity index (χ4n) is 1.84. The molecule has 1 aromatic rings. The average Bonchev–Trinajstić information content (AvgIpc) is 2.42. The van der Waals surface area contributed by atoms with Crippen LogP contribution < -0.4 is 0 Å². The van der Waals surface area contributed by atoms with Gasteiger partial charge in [0.05, 0.1) is 4.90 Å². The van der Waals surface area contributed by atoms with Gasteiger partial charge in [0.25, 0.3) is 0 Å². The lowest BCUT2D eigenvalue weighted by Crippen LogP contribution is -2.43. The highest BCUT2D eigenvalue weighted by molar-refractivity contribution is 7.89. The summed E-state index contributed by atoms with van der Waals surface area (Å²) in [6, 6.07) is 6.43. The Morgan fingerprint density at radius 2 is 1.86 bits per heavy atom.